The van der Waals surface area contributed by atoms with Gasteiger partial charge in [-0.3, -0.25) is 4.79 Å². The highest BCUT2D eigenvalue weighted by Gasteiger charge is 2.31. The number of rotatable bonds is 3. The zero-order chi connectivity index (χ0) is 17.2. The van der Waals surface area contributed by atoms with Gasteiger partial charge in [-0.25, -0.2) is 4.98 Å². The van der Waals surface area contributed by atoms with Crippen LogP contribution < -0.4 is 4.74 Å². The van der Waals surface area contributed by atoms with Gasteiger partial charge in [0.1, 0.15) is 11.6 Å². The molecule has 1 aliphatic heterocycles. The van der Waals surface area contributed by atoms with Crippen LogP contribution in [0.5, 0.6) is 5.75 Å². The maximum atomic E-state index is 13.2. The largest absolute Gasteiger partial charge is 0.496 e. The number of H-pyrrole nitrogens is 1. The van der Waals surface area contributed by atoms with Gasteiger partial charge in [0.05, 0.1) is 29.7 Å². The van der Waals surface area contributed by atoms with E-state index in [-0.39, 0.29) is 11.9 Å². The minimum atomic E-state index is -0.0291. The van der Waals surface area contributed by atoms with Gasteiger partial charge in [-0.05, 0) is 43.5 Å². The van der Waals surface area contributed by atoms with Crippen LogP contribution >= 0.6 is 0 Å². The van der Waals surface area contributed by atoms with Gasteiger partial charge in [0, 0.05) is 6.54 Å². The zero-order valence-corrected chi connectivity index (χ0v) is 14.2. The summed E-state index contributed by atoms with van der Waals surface area (Å²) in [4.78, 5) is 23.2. The molecule has 3 aromatic rings. The average molecular weight is 335 g/mol. The second kappa shape index (κ2) is 6.59. The standard InChI is InChI=1S/C20H21N3O2/c1-25-18-12-5-2-8-14(18)20(24)23-13-7-6-11-17(23)19-21-15-9-3-4-10-16(15)22-19/h2-5,8-10,12,17H,6-7,11,13H2,1H3,(H,21,22). The summed E-state index contributed by atoms with van der Waals surface area (Å²) in [5.74, 6) is 1.48. The van der Waals surface area contributed by atoms with Crippen molar-refractivity contribution >= 4 is 16.9 Å². The molecule has 1 fully saturated rings. The molecule has 25 heavy (non-hydrogen) atoms. The van der Waals surface area contributed by atoms with Crippen LogP contribution in [-0.2, 0) is 0 Å². The number of piperidine rings is 1. The van der Waals surface area contributed by atoms with Crippen molar-refractivity contribution in [1.82, 2.24) is 14.9 Å². The first kappa shape index (κ1) is 15.7. The molecular weight excluding hydrogens is 314 g/mol. The van der Waals surface area contributed by atoms with E-state index in [1.807, 2.05) is 53.4 Å². The number of aromatic nitrogens is 2. The number of carbonyl (C=O) groups excluding carboxylic acids is 1. The van der Waals surface area contributed by atoms with Crippen molar-refractivity contribution in [1.29, 1.82) is 0 Å². The number of aromatic amines is 1. The molecule has 1 N–H and O–H groups in total. The molecule has 128 valence electrons. The number of benzene rings is 2. The summed E-state index contributed by atoms with van der Waals surface area (Å²) in [6.07, 6.45) is 3.02. The molecule has 1 aliphatic rings. The summed E-state index contributed by atoms with van der Waals surface area (Å²) >= 11 is 0. The number of hydrogen-bond acceptors (Lipinski definition) is 3. The summed E-state index contributed by atoms with van der Waals surface area (Å²) < 4.78 is 5.38. The Morgan fingerprint density at radius 3 is 2.80 bits per heavy atom. The molecule has 1 aromatic heterocycles. The first-order chi connectivity index (χ1) is 12.3. The quantitative estimate of drug-likeness (QED) is 0.789. The van der Waals surface area contributed by atoms with E-state index in [0.717, 1.165) is 42.7 Å². The van der Waals surface area contributed by atoms with E-state index < -0.39 is 0 Å². The normalized spacial score (nSPS) is 17.6. The molecule has 1 amide bonds. The van der Waals surface area contributed by atoms with Crippen molar-refractivity contribution in [3.8, 4) is 5.75 Å². The fourth-order valence-electron chi connectivity index (χ4n) is 3.57. The molecule has 0 radical (unpaired) electrons. The van der Waals surface area contributed by atoms with Crippen molar-refractivity contribution < 1.29 is 9.53 Å². The van der Waals surface area contributed by atoms with Crippen molar-refractivity contribution in [2.24, 2.45) is 0 Å². The molecular formula is C20H21N3O2. The number of para-hydroxylation sites is 3. The van der Waals surface area contributed by atoms with E-state index in [1.54, 1.807) is 7.11 Å². The Kier molecular flexibility index (Phi) is 4.14. The first-order valence-electron chi connectivity index (χ1n) is 8.66. The van der Waals surface area contributed by atoms with Gasteiger partial charge in [0.25, 0.3) is 5.91 Å². The van der Waals surface area contributed by atoms with Crippen LogP contribution in [0.15, 0.2) is 48.5 Å². The molecule has 2 aromatic carbocycles. The third-order valence-electron chi connectivity index (χ3n) is 4.82. The highest BCUT2D eigenvalue weighted by atomic mass is 16.5. The third kappa shape index (κ3) is 2.86. The molecule has 5 heteroatoms. The Morgan fingerprint density at radius 2 is 1.96 bits per heavy atom. The van der Waals surface area contributed by atoms with Gasteiger partial charge in [-0.15, -0.1) is 0 Å². The lowest BCUT2D eigenvalue weighted by molar-refractivity contribution is 0.0598. The Balaban J connectivity index is 1.70. The number of nitrogens with zero attached hydrogens (tertiary/aromatic N) is 2. The van der Waals surface area contributed by atoms with Gasteiger partial charge in [0.2, 0.25) is 0 Å². The van der Waals surface area contributed by atoms with Crippen LogP contribution in [0.25, 0.3) is 11.0 Å². The number of nitrogens with one attached hydrogen (secondary N) is 1. The smallest absolute Gasteiger partial charge is 0.258 e. The third-order valence-corrected chi connectivity index (χ3v) is 4.82. The first-order valence-corrected chi connectivity index (χ1v) is 8.66. The van der Waals surface area contributed by atoms with Gasteiger partial charge < -0.3 is 14.6 Å². The molecule has 4 rings (SSSR count). The van der Waals surface area contributed by atoms with Crippen LogP contribution in [0, 0.1) is 0 Å². The van der Waals surface area contributed by atoms with Gasteiger partial charge in [-0.1, -0.05) is 24.3 Å². The van der Waals surface area contributed by atoms with Crippen molar-refractivity contribution in [2.75, 3.05) is 13.7 Å². The van der Waals surface area contributed by atoms with E-state index >= 15 is 0 Å². The lowest BCUT2D eigenvalue weighted by Gasteiger charge is -2.34. The van der Waals surface area contributed by atoms with E-state index in [9.17, 15) is 4.79 Å². The Labute approximate surface area is 146 Å². The minimum Gasteiger partial charge on any atom is -0.496 e. The van der Waals surface area contributed by atoms with Crippen LogP contribution in [0.3, 0.4) is 0 Å². The lowest BCUT2D eigenvalue weighted by atomic mass is 10.00. The molecule has 0 bridgehead atoms. The number of amides is 1. The van der Waals surface area contributed by atoms with Gasteiger partial charge in [0.15, 0.2) is 0 Å². The highest BCUT2D eigenvalue weighted by molar-refractivity contribution is 5.97. The second-order valence-corrected chi connectivity index (χ2v) is 6.35. The molecule has 0 spiro atoms. The fraction of sp³-hybridized carbons (Fsp3) is 0.300. The monoisotopic (exact) mass is 335 g/mol. The topological polar surface area (TPSA) is 58.2 Å². The average Bonchev–Trinajstić information content (AvgIpc) is 3.11. The van der Waals surface area contributed by atoms with E-state index in [1.165, 1.54) is 0 Å². The SMILES string of the molecule is COc1ccccc1C(=O)N1CCCCC1c1nc2ccccc2[nH]1. The van der Waals surface area contributed by atoms with Crippen molar-refractivity contribution in [3.05, 3.63) is 59.9 Å². The minimum absolute atomic E-state index is 0.00241. The van der Waals surface area contributed by atoms with Crippen LogP contribution in [0.4, 0.5) is 0 Å². The van der Waals surface area contributed by atoms with E-state index in [4.69, 9.17) is 9.72 Å². The van der Waals surface area contributed by atoms with Crippen LogP contribution in [0.2, 0.25) is 0 Å². The number of imidazole rings is 1. The number of hydrogen-bond donors (Lipinski definition) is 1. The summed E-state index contributed by atoms with van der Waals surface area (Å²) in [5.41, 5.74) is 2.55. The fourth-order valence-corrected chi connectivity index (χ4v) is 3.57. The number of carbonyl (C=O) groups is 1. The molecule has 0 saturated carbocycles. The van der Waals surface area contributed by atoms with Crippen LogP contribution in [-0.4, -0.2) is 34.4 Å². The van der Waals surface area contributed by atoms with Gasteiger partial charge >= 0.3 is 0 Å². The summed E-state index contributed by atoms with van der Waals surface area (Å²) in [6.45, 7) is 0.735. The second-order valence-electron chi connectivity index (χ2n) is 6.35. The molecule has 2 heterocycles. The van der Waals surface area contributed by atoms with Crippen molar-refractivity contribution in [3.63, 3.8) is 0 Å². The predicted molar refractivity (Wildman–Crippen MR) is 96.7 cm³/mol. The number of likely N-dealkylation sites (tertiary alicyclic amines) is 1. The zero-order valence-electron chi connectivity index (χ0n) is 14.2. The molecule has 1 atom stereocenters. The van der Waals surface area contributed by atoms with Crippen molar-refractivity contribution in [2.45, 2.75) is 25.3 Å². The molecule has 1 saturated heterocycles. The summed E-state index contributed by atoms with van der Waals surface area (Å²) in [6, 6.07) is 15.3. The molecule has 1 unspecified atom stereocenters. The summed E-state index contributed by atoms with van der Waals surface area (Å²) in [7, 11) is 1.60. The summed E-state index contributed by atoms with van der Waals surface area (Å²) in [5, 5.41) is 0. The Bertz CT molecular complexity index is 870. The molecule has 5 nitrogen and oxygen atoms in total. The van der Waals surface area contributed by atoms with Gasteiger partial charge in [-0.2, -0.15) is 0 Å². The number of fused-ring (bicyclic) bond motifs is 1. The Hall–Kier alpha value is -2.82. The predicted octanol–water partition coefficient (Wildman–Crippen LogP) is 3.94. The van der Waals surface area contributed by atoms with E-state index in [2.05, 4.69) is 4.98 Å². The maximum Gasteiger partial charge on any atom is 0.258 e. The highest BCUT2D eigenvalue weighted by Crippen LogP contribution is 2.33. The maximum absolute atomic E-state index is 13.2. The number of ether oxygens (including phenoxy) is 1. The number of methoxy groups -OCH3 is 1. The van der Waals surface area contributed by atoms with E-state index in [0.29, 0.717) is 11.3 Å². The Morgan fingerprint density at radius 1 is 1.16 bits per heavy atom. The lowest BCUT2D eigenvalue weighted by Crippen LogP contribution is -2.39. The molecule has 0 aliphatic carbocycles. The van der Waals surface area contributed by atoms with Crippen LogP contribution in [0.1, 0.15) is 41.5 Å².